The smallest absolute Gasteiger partial charge is 0.339 e. The standard InChI is InChI=1S/C19H18O5S.C17H26O5S.2C16H36N.C16H24O5S.C12H28NO4.C10H10O7S/c20-19(24-11-5-6-12-25(21,22)23)18-16-9-3-1-7-14(16)13-15-8-2-4-10-17(15)18;18-17(22-5-1-2-6-23(19,20)21)14-9-12-8-13(14)16-11-4-3-10(7-11)15(12)16;2*1-5-9-13-17(14-10-6-2,15-11-7-3)16-12-8-4;17-16(21-4-1-5-22(18,19)20)13-8-11-7-12(13)15-10-3-2-9(6-10)14(11)15;1-14-9-5-13(6-10-15-2,7-11-16-3)8-12-17-4;11-9(12)7-3-1-2-4-8(7)10(13)17-5-6-18(14,15)16/h1-4,7-10,13H,5-6,11-12H2,(H,21,22,23);10-16H,1-9H2,(H,19,20,21);2*5-16H2,1-4H3;9-15H,1-8H2,(H,18,19,20);5-12H2,1-4H3;1-4H,5-6H2,(H,11,12)(H,14,15,16)/q;;2*+1;;+1;/p-4. The molecule has 1 N–H and O–H groups in total. The van der Waals surface area contributed by atoms with Gasteiger partial charge in [0.2, 0.25) is 0 Å². The van der Waals surface area contributed by atoms with Crippen LogP contribution in [0.1, 0.15) is 286 Å². The molecule has 794 valence electrons. The molecule has 0 aliphatic heterocycles. The lowest BCUT2D eigenvalue weighted by Crippen LogP contribution is -2.55. The Hall–Kier alpha value is -5.89. The summed E-state index contributed by atoms with van der Waals surface area (Å²) in [6.45, 7) is 36.6. The van der Waals surface area contributed by atoms with Gasteiger partial charge in [0.1, 0.15) is 32.8 Å². The molecule has 14 atom stereocenters. The van der Waals surface area contributed by atoms with Crippen LogP contribution in [-0.4, -0.2) is 283 Å². The van der Waals surface area contributed by atoms with Crippen molar-refractivity contribution in [2.24, 2.45) is 82.9 Å². The molecule has 8 saturated carbocycles. The van der Waals surface area contributed by atoms with E-state index in [1.54, 1.807) is 28.4 Å². The number of hydrogen-bond acceptors (Lipinski definition) is 25. The maximum atomic E-state index is 12.6. The highest BCUT2D eigenvalue weighted by molar-refractivity contribution is 7.86. The fraction of sp³-hybridized carbons (Fsp3) is 0.764. The number of carboxylic acids is 1. The number of fused-ring (bicyclic) bond motifs is 20. The van der Waals surface area contributed by atoms with Gasteiger partial charge < -0.3 is 74.7 Å². The van der Waals surface area contributed by atoms with Crippen LogP contribution in [0.15, 0.2) is 78.9 Å². The van der Waals surface area contributed by atoms with Crippen molar-refractivity contribution >= 4 is 91.9 Å². The van der Waals surface area contributed by atoms with Gasteiger partial charge in [-0.05, 0) is 258 Å². The van der Waals surface area contributed by atoms with Crippen LogP contribution in [0.2, 0.25) is 0 Å². The van der Waals surface area contributed by atoms with Crippen LogP contribution in [-0.2, 0) is 88.0 Å². The summed E-state index contributed by atoms with van der Waals surface area (Å²) in [5.41, 5.74) is 0.0472. The topological polar surface area (TPSA) is 408 Å². The molecule has 29 nitrogen and oxygen atoms in total. The van der Waals surface area contributed by atoms with Crippen molar-refractivity contribution in [2.75, 3.05) is 183 Å². The Morgan fingerprint density at radius 1 is 0.317 bits per heavy atom. The monoisotopic (exact) mass is 2030 g/mol. The van der Waals surface area contributed by atoms with Crippen LogP contribution in [0.3, 0.4) is 0 Å². The highest BCUT2D eigenvalue weighted by atomic mass is 32.2. The first-order valence-corrected chi connectivity index (χ1v) is 58.8. The largest absolute Gasteiger partial charge is 0.748 e. The fourth-order valence-corrected chi connectivity index (χ4v) is 25.8. The lowest BCUT2D eigenvalue weighted by atomic mass is 9.67. The first-order valence-electron chi connectivity index (χ1n) is 52.5. The second-order valence-electron chi connectivity index (χ2n) is 40.5. The predicted octanol–water partition coefficient (Wildman–Crippen LogP) is 17.9. The van der Waals surface area contributed by atoms with Gasteiger partial charge >= 0.3 is 29.8 Å². The molecule has 0 radical (unpaired) electrons. The van der Waals surface area contributed by atoms with Gasteiger partial charge in [-0.25, -0.2) is 48.1 Å². The van der Waals surface area contributed by atoms with Gasteiger partial charge in [0.05, 0.1) is 173 Å². The molecule has 8 bridgehead atoms. The number of nitrogens with zero attached hydrogens (tertiary/aromatic N) is 3. The molecule has 0 heterocycles. The molecule has 0 amide bonds. The molecular weight excluding hydrogens is 1860 g/mol. The highest BCUT2D eigenvalue weighted by Gasteiger charge is 2.65. The molecule has 0 saturated heterocycles. The van der Waals surface area contributed by atoms with E-state index in [-0.39, 0.29) is 79.7 Å². The quantitative estimate of drug-likeness (QED) is 0.00816. The van der Waals surface area contributed by atoms with Gasteiger partial charge in [0.15, 0.2) is 0 Å². The Bertz CT molecular complexity index is 4500. The number of methoxy groups -OCH3 is 4. The number of carboxylic acid groups (broad SMARTS) is 1. The lowest BCUT2D eigenvalue weighted by molar-refractivity contribution is -0.929. The third-order valence-electron chi connectivity index (χ3n) is 30.8. The van der Waals surface area contributed by atoms with Crippen LogP contribution in [0.5, 0.6) is 0 Å². The molecule has 4 aromatic carbocycles. The summed E-state index contributed by atoms with van der Waals surface area (Å²) < 4.78 is 171. The molecule has 33 heteroatoms. The number of rotatable bonds is 58. The van der Waals surface area contributed by atoms with Crippen LogP contribution in [0, 0.1) is 82.9 Å². The van der Waals surface area contributed by atoms with E-state index in [1.165, 1.54) is 240 Å². The second kappa shape index (κ2) is 62.8. The average molecular weight is 2030 g/mol. The maximum Gasteiger partial charge on any atom is 0.339 e. The van der Waals surface area contributed by atoms with E-state index in [0.29, 0.717) is 36.2 Å². The average Bonchev–Trinajstić information content (AvgIpc) is 1.55. The van der Waals surface area contributed by atoms with E-state index < -0.39 is 82.2 Å². The number of ether oxygens (including phenoxy) is 8. The Kier molecular flexibility index (Phi) is 55.1. The minimum Gasteiger partial charge on any atom is -0.748 e. The Balaban J connectivity index is 0.000000250. The SMILES string of the molecule is CCCC[N+](CCCC)(CCCC)CCCC.CCCC[N+](CCCC)(CCCC)CCCC.COCC[N+](CCOC)(CCOC)CCOC.O=C(O)c1ccccc1C(=O)OCCS(=O)(=O)[O-].O=C(OCCCCS(=O)(=O)[O-])C1CC2CC1C1C3CCC(C3)C21.O=C(OCCCCS(=O)(=O)[O-])c1c2ccccc2cc2ccccc12.O=C(OCCCS(=O)(=O)[O-])C1CC2CC1C1C3CCC(C3)C21. The van der Waals surface area contributed by atoms with Crippen LogP contribution in [0.25, 0.3) is 21.5 Å². The summed E-state index contributed by atoms with van der Waals surface area (Å²) in [6, 6.07) is 22.5. The predicted molar refractivity (Wildman–Crippen MR) is 540 cm³/mol. The van der Waals surface area contributed by atoms with Crippen molar-refractivity contribution in [1.29, 1.82) is 0 Å². The zero-order valence-corrected chi connectivity index (χ0v) is 89.4. The summed E-state index contributed by atoms with van der Waals surface area (Å²) >= 11 is 0. The molecule has 8 aliphatic carbocycles. The number of carbonyl (C=O) groups excluding carboxylic acids is 4. The van der Waals surface area contributed by atoms with Crippen molar-refractivity contribution in [3.05, 3.63) is 95.6 Å². The summed E-state index contributed by atoms with van der Waals surface area (Å²) in [6.07, 6.45) is 36.1. The van der Waals surface area contributed by atoms with Gasteiger partial charge in [-0.3, -0.25) is 9.59 Å². The third-order valence-corrected chi connectivity index (χ3v) is 33.8. The minimum atomic E-state index is -4.47. The number of aromatic carboxylic acids is 1. The van der Waals surface area contributed by atoms with E-state index in [0.717, 1.165) is 145 Å². The molecule has 0 spiro atoms. The highest BCUT2D eigenvalue weighted by Crippen LogP contribution is 2.70. The first kappa shape index (κ1) is 122. The fourth-order valence-electron chi connectivity index (χ4n) is 24.0. The third kappa shape index (κ3) is 40.8. The molecular formula is C106H174N3O26S4-. The number of quaternary nitrogens is 3. The zero-order valence-electron chi connectivity index (χ0n) is 86.1. The Labute approximate surface area is 834 Å². The van der Waals surface area contributed by atoms with Crippen LogP contribution < -0.4 is 0 Å². The van der Waals surface area contributed by atoms with E-state index in [4.69, 9.17) is 38.3 Å². The normalized spacial score (nSPS) is 22.3. The maximum absolute atomic E-state index is 12.6. The zero-order chi connectivity index (χ0) is 102. The van der Waals surface area contributed by atoms with Gasteiger partial charge in [-0.1, -0.05) is 167 Å². The summed E-state index contributed by atoms with van der Waals surface area (Å²) in [7, 11) is -10.1. The van der Waals surface area contributed by atoms with Crippen LogP contribution in [0.4, 0.5) is 0 Å². The van der Waals surface area contributed by atoms with Crippen molar-refractivity contribution in [2.45, 2.75) is 254 Å². The summed E-state index contributed by atoms with van der Waals surface area (Å²) in [5.74, 6) is 4.33. The number of hydrogen-bond donors (Lipinski definition) is 1. The van der Waals surface area contributed by atoms with E-state index in [1.807, 2.05) is 54.6 Å². The first-order chi connectivity index (χ1) is 66.4. The van der Waals surface area contributed by atoms with Gasteiger partial charge in [0.25, 0.3) is 0 Å². The number of benzene rings is 4. The molecule has 12 rings (SSSR count). The molecule has 139 heavy (non-hydrogen) atoms. The van der Waals surface area contributed by atoms with E-state index in [2.05, 4.69) is 60.1 Å². The van der Waals surface area contributed by atoms with Gasteiger partial charge in [0, 0.05) is 45.7 Å². The Morgan fingerprint density at radius 3 is 0.942 bits per heavy atom. The van der Waals surface area contributed by atoms with Gasteiger partial charge in [-0.15, -0.1) is 0 Å². The lowest BCUT2D eigenvalue weighted by Gasteiger charge is -2.39. The van der Waals surface area contributed by atoms with Gasteiger partial charge in [-0.2, -0.15) is 0 Å². The molecule has 8 aliphatic rings. The van der Waals surface area contributed by atoms with Crippen LogP contribution >= 0.6 is 0 Å². The van der Waals surface area contributed by atoms with Crippen molar-refractivity contribution < 1.29 is 132 Å². The second-order valence-corrected chi connectivity index (χ2v) is 46.5. The molecule has 0 aromatic heterocycles. The summed E-state index contributed by atoms with van der Waals surface area (Å²) in [4.78, 5) is 59.6. The number of unbranched alkanes of at least 4 members (excludes halogenated alkanes) is 10. The molecule has 8 fully saturated rings. The Morgan fingerprint density at radius 2 is 0.612 bits per heavy atom. The summed E-state index contributed by atoms with van der Waals surface area (Å²) in [5, 5.41) is 12.3. The van der Waals surface area contributed by atoms with E-state index in [9.17, 15) is 75.9 Å². The van der Waals surface area contributed by atoms with Crippen molar-refractivity contribution in [1.82, 2.24) is 0 Å². The number of esters is 4. The minimum absolute atomic E-state index is 0.0226. The molecule has 14 unspecified atom stereocenters. The van der Waals surface area contributed by atoms with Crippen molar-refractivity contribution in [3.63, 3.8) is 0 Å². The van der Waals surface area contributed by atoms with Crippen molar-refractivity contribution in [3.8, 4) is 0 Å². The van der Waals surface area contributed by atoms with E-state index >= 15 is 0 Å². The number of carbonyl (C=O) groups is 5. The molecule has 4 aromatic rings.